The van der Waals surface area contributed by atoms with E-state index in [9.17, 15) is 0 Å². The Bertz CT molecular complexity index is 1280. The minimum atomic E-state index is -4.01. The molecule has 0 saturated heterocycles. The van der Waals surface area contributed by atoms with Gasteiger partial charge in [-0.15, -0.1) is 0 Å². The van der Waals surface area contributed by atoms with E-state index in [0.717, 1.165) is 33.4 Å². The van der Waals surface area contributed by atoms with Crippen LogP contribution in [0.5, 0.6) is 0 Å². The van der Waals surface area contributed by atoms with Gasteiger partial charge in [0.05, 0.1) is 11.1 Å². The third kappa shape index (κ3) is 2.38. The van der Waals surface area contributed by atoms with Crippen LogP contribution in [0, 0.1) is 13.8 Å². The summed E-state index contributed by atoms with van der Waals surface area (Å²) in [6.45, 7) is 3.47. The Labute approximate surface area is 175 Å². The predicted molar refractivity (Wildman–Crippen MR) is 120 cm³/mol. The molecular weight excluding hydrogens is 377 g/mol. The molecular formula is C25H23BF2N2. The Morgan fingerprint density at radius 2 is 1.30 bits per heavy atom. The van der Waals surface area contributed by atoms with Crippen molar-refractivity contribution in [2.24, 2.45) is 0 Å². The molecule has 150 valence electrons. The summed E-state index contributed by atoms with van der Waals surface area (Å²) < 4.78 is 34.7. The average molecular weight is 400 g/mol. The molecule has 2 aromatic carbocycles. The smallest absolute Gasteiger partial charge is 0.393 e. The lowest BCUT2D eigenvalue weighted by atomic mass is 9.84. The van der Waals surface area contributed by atoms with Crippen LogP contribution in [0.4, 0.5) is 8.63 Å². The van der Waals surface area contributed by atoms with Gasteiger partial charge in [-0.2, -0.15) is 0 Å². The van der Waals surface area contributed by atoms with E-state index in [2.05, 4.69) is 0 Å². The number of aryl methyl sites for hydroxylation is 2. The van der Waals surface area contributed by atoms with E-state index in [1.165, 1.54) is 8.96 Å². The third-order valence-electron chi connectivity index (χ3n) is 6.33. The molecule has 3 heterocycles. The van der Waals surface area contributed by atoms with Crippen molar-refractivity contribution in [2.75, 3.05) is 0 Å². The van der Waals surface area contributed by atoms with E-state index < -0.39 is 6.97 Å². The van der Waals surface area contributed by atoms with Crippen molar-refractivity contribution in [1.82, 2.24) is 4.48 Å². The van der Waals surface area contributed by atoms with Gasteiger partial charge in [0.2, 0.25) is 0 Å². The van der Waals surface area contributed by atoms with Crippen LogP contribution in [0.2, 0.25) is 0 Å². The molecule has 0 unspecified atom stereocenters. The Hall–Kier alpha value is -3.21. The molecule has 0 amide bonds. The zero-order valence-electron chi connectivity index (χ0n) is 17.6. The molecule has 0 bridgehead atoms. The van der Waals surface area contributed by atoms with Crippen molar-refractivity contribution in [1.29, 1.82) is 0 Å². The normalized spacial score (nSPS) is 17.5. The summed E-state index contributed by atoms with van der Waals surface area (Å²) in [5.74, 6) is 0. The first-order valence-electron chi connectivity index (χ1n) is 10.2. The van der Waals surface area contributed by atoms with E-state index in [-0.39, 0.29) is 0 Å². The molecule has 0 N–H and O–H groups in total. The summed E-state index contributed by atoms with van der Waals surface area (Å²) in [5, 5.41) is 0. The molecule has 0 fully saturated rings. The number of benzene rings is 2. The number of nitrogens with zero attached hydrogens (tertiary/aromatic N) is 2. The fourth-order valence-electron chi connectivity index (χ4n) is 5.23. The minimum Gasteiger partial charge on any atom is -0.393 e. The molecule has 2 aliphatic rings. The van der Waals surface area contributed by atoms with E-state index in [1.807, 2.05) is 87.5 Å². The molecule has 2 aliphatic heterocycles. The molecule has 5 rings (SSSR count). The Morgan fingerprint density at radius 1 is 0.767 bits per heavy atom. The van der Waals surface area contributed by atoms with Crippen molar-refractivity contribution in [3.05, 3.63) is 106 Å². The van der Waals surface area contributed by atoms with Gasteiger partial charge in [0.25, 0.3) is 0 Å². The number of hydrogen-bond donors (Lipinski definition) is 0. The molecule has 30 heavy (non-hydrogen) atoms. The second-order valence-corrected chi connectivity index (χ2v) is 8.19. The van der Waals surface area contributed by atoms with Gasteiger partial charge in [0, 0.05) is 18.2 Å². The van der Waals surface area contributed by atoms with Gasteiger partial charge in [-0.05, 0) is 49.2 Å². The molecule has 5 heteroatoms. The van der Waals surface area contributed by atoms with E-state index in [4.69, 9.17) is 0 Å². The van der Waals surface area contributed by atoms with Crippen LogP contribution in [0.3, 0.4) is 0 Å². The van der Waals surface area contributed by atoms with Gasteiger partial charge in [0.1, 0.15) is 5.71 Å². The third-order valence-corrected chi connectivity index (χ3v) is 6.33. The summed E-state index contributed by atoms with van der Waals surface area (Å²) in [5.41, 5.74) is 7.87. The molecule has 0 radical (unpaired) electrons. The zero-order valence-corrected chi connectivity index (χ0v) is 17.6. The lowest BCUT2D eigenvalue weighted by molar-refractivity contribution is -0.363. The van der Waals surface area contributed by atoms with Crippen LogP contribution < -0.4 is 0 Å². The van der Waals surface area contributed by atoms with E-state index in [0.29, 0.717) is 22.8 Å². The van der Waals surface area contributed by atoms with E-state index >= 15 is 8.63 Å². The summed E-state index contributed by atoms with van der Waals surface area (Å²) in [4.78, 5) is 0. The highest BCUT2D eigenvalue weighted by molar-refractivity contribution is 6.59. The van der Waals surface area contributed by atoms with Gasteiger partial charge >= 0.3 is 6.97 Å². The fraction of sp³-hybridized carbons (Fsp3) is 0.160. The number of halogens is 2. The molecule has 0 spiro atoms. The standard InChI is InChI=1S/C25H23BF2N2/c1-16-15-17(2)29-24(16)23(21-13-9-6-10-14-21)25-18(3)22(20-11-7-5-8-12-20)19(4)30(25)26(29,27)28/h5-15H,1-4H3. The molecule has 3 aromatic rings. The van der Waals surface area contributed by atoms with Crippen LogP contribution in [0.15, 0.2) is 78.0 Å². The Morgan fingerprint density at radius 3 is 1.87 bits per heavy atom. The molecule has 2 nitrogen and oxygen atoms in total. The van der Waals surface area contributed by atoms with Gasteiger partial charge < -0.3 is 17.6 Å². The highest BCUT2D eigenvalue weighted by Crippen LogP contribution is 2.46. The topological polar surface area (TPSA) is 7.94 Å². The molecule has 0 saturated carbocycles. The maximum Gasteiger partial charge on any atom is 0.737 e. The number of aromatic nitrogens is 1. The Balaban J connectivity index is 1.95. The van der Waals surface area contributed by atoms with Crippen molar-refractivity contribution >= 4 is 23.8 Å². The van der Waals surface area contributed by atoms with Crippen molar-refractivity contribution < 1.29 is 13.1 Å². The number of allylic oxidation sites excluding steroid dienone is 2. The summed E-state index contributed by atoms with van der Waals surface area (Å²) >= 11 is 0. The average Bonchev–Trinajstić information content (AvgIpc) is 3.17. The zero-order chi connectivity index (χ0) is 21.2. The lowest BCUT2D eigenvalue weighted by Crippen LogP contribution is -2.51. The Kier molecular flexibility index (Phi) is 4.01. The fourth-order valence-corrected chi connectivity index (χ4v) is 5.23. The van der Waals surface area contributed by atoms with Gasteiger partial charge in [-0.25, -0.2) is 0 Å². The van der Waals surface area contributed by atoms with Gasteiger partial charge in [-0.1, -0.05) is 60.7 Å². The summed E-state index contributed by atoms with van der Waals surface area (Å²) in [6.07, 6.45) is 0. The van der Waals surface area contributed by atoms with Gasteiger partial charge in [-0.3, -0.25) is 0 Å². The monoisotopic (exact) mass is 400 g/mol. The van der Waals surface area contributed by atoms with Crippen LogP contribution in [0.25, 0.3) is 11.1 Å². The lowest BCUT2D eigenvalue weighted by Gasteiger charge is -2.34. The largest absolute Gasteiger partial charge is 0.737 e. The first-order chi connectivity index (χ1) is 14.3. The summed E-state index contributed by atoms with van der Waals surface area (Å²) in [6, 6.07) is 21.6. The minimum absolute atomic E-state index is 0.582. The van der Waals surface area contributed by atoms with Gasteiger partial charge in [0.15, 0.2) is 5.70 Å². The van der Waals surface area contributed by atoms with Crippen molar-refractivity contribution in [2.45, 2.75) is 27.7 Å². The quantitative estimate of drug-likeness (QED) is 0.462. The maximum atomic E-state index is 16.1. The molecule has 0 atom stereocenters. The predicted octanol–water partition coefficient (Wildman–Crippen LogP) is 6.06. The first kappa shape index (κ1) is 18.8. The van der Waals surface area contributed by atoms with Crippen LogP contribution >= 0.6 is 0 Å². The SMILES string of the molecule is CC1=C(c2ccccc2)C(C)=[N+]2C1=C(c1ccccc1)c1c(C)cc(C)n1[B-]2(F)F. The highest BCUT2D eigenvalue weighted by Gasteiger charge is 2.56. The number of rotatable bonds is 2. The van der Waals surface area contributed by atoms with Crippen molar-refractivity contribution in [3.63, 3.8) is 0 Å². The molecule has 0 aliphatic carbocycles. The first-order valence-corrected chi connectivity index (χ1v) is 10.2. The van der Waals surface area contributed by atoms with Crippen LogP contribution in [0.1, 0.15) is 41.9 Å². The second kappa shape index (κ2) is 6.40. The molecule has 1 aromatic heterocycles. The van der Waals surface area contributed by atoms with Crippen LogP contribution in [-0.2, 0) is 0 Å². The summed E-state index contributed by atoms with van der Waals surface area (Å²) in [7, 11) is 0. The van der Waals surface area contributed by atoms with Crippen molar-refractivity contribution in [3.8, 4) is 0 Å². The maximum absolute atomic E-state index is 16.1. The highest BCUT2D eigenvalue weighted by atomic mass is 19.2. The number of hydrogen-bond acceptors (Lipinski definition) is 0. The number of fused-ring (bicyclic) bond motifs is 2. The second-order valence-electron chi connectivity index (χ2n) is 8.19. The van der Waals surface area contributed by atoms with E-state index in [1.54, 1.807) is 6.92 Å². The van der Waals surface area contributed by atoms with Crippen LogP contribution in [-0.4, -0.2) is 21.6 Å².